The van der Waals surface area contributed by atoms with Gasteiger partial charge in [-0.3, -0.25) is 33.8 Å². The van der Waals surface area contributed by atoms with Crippen LogP contribution in [-0.2, 0) is 14.4 Å². The number of ketones is 2. The highest BCUT2D eigenvalue weighted by atomic mass is 16.4. The van der Waals surface area contributed by atoms with E-state index in [1.165, 1.54) is 0 Å². The Bertz CT molecular complexity index is 1340. The third-order valence-corrected chi connectivity index (χ3v) is 8.76. The first-order chi connectivity index (χ1) is 22.1. The minimum Gasteiger partial charge on any atom is -0.481 e. The first-order valence-corrected chi connectivity index (χ1v) is 16.0. The van der Waals surface area contributed by atoms with Crippen molar-refractivity contribution in [1.82, 2.24) is 9.80 Å². The number of anilines is 2. The molecule has 46 heavy (non-hydrogen) atoms. The summed E-state index contributed by atoms with van der Waals surface area (Å²) in [5.41, 5.74) is 1.88. The molecule has 0 saturated carbocycles. The summed E-state index contributed by atoms with van der Waals surface area (Å²) in [5.74, 6) is -1.85. The number of hydrogen-bond acceptors (Lipinski definition) is 9. The Hall–Kier alpha value is -3.97. The number of benzene rings is 2. The van der Waals surface area contributed by atoms with E-state index in [0.29, 0.717) is 24.5 Å². The summed E-state index contributed by atoms with van der Waals surface area (Å²) in [6.45, 7) is 4.08. The summed E-state index contributed by atoms with van der Waals surface area (Å²) in [4.78, 5) is 65.3. The Kier molecular flexibility index (Phi) is 12.6. The Morgan fingerprint density at radius 2 is 1.09 bits per heavy atom. The number of aliphatic hydroxyl groups is 2. The van der Waals surface area contributed by atoms with Crippen molar-refractivity contribution in [3.8, 4) is 0 Å². The predicted octanol–water partition coefficient (Wildman–Crippen LogP) is 2.90. The van der Waals surface area contributed by atoms with Gasteiger partial charge >= 0.3 is 0 Å². The molecule has 2 heterocycles. The molecule has 12 nitrogen and oxygen atoms in total. The maximum Gasteiger partial charge on any atom is 0.300 e. The van der Waals surface area contributed by atoms with Gasteiger partial charge in [0, 0.05) is 78.6 Å². The van der Waals surface area contributed by atoms with Crippen LogP contribution >= 0.6 is 0 Å². The molecule has 3 aliphatic rings. The van der Waals surface area contributed by atoms with Crippen LogP contribution in [0.4, 0.5) is 11.4 Å². The van der Waals surface area contributed by atoms with Gasteiger partial charge in [-0.2, -0.15) is 0 Å². The normalized spacial score (nSPS) is 19.7. The number of nitrogens with zero attached hydrogens (tertiary/aromatic N) is 2. The van der Waals surface area contributed by atoms with Crippen LogP contribution in [-0.4, -0.2) is 106 Å². The van der Waals surface area contributed by atoms with Gasteiger partial charge < -0.3 is 26.0 Å². The fraction of sp³-hybridized carbons (Fsp3) is 0.500. The highest BCUT2D eigenvalue weighted by molar-refractivity contribution is 6.29. The lowest BCUT2D eigenvalue weighted by Crippen LogP contribution is -2.43. The van der Waals surface area contributed by atoms with E-state index in [4.69, 9.17) is 9.90 Å². The number of nitrogens with one attached hydrogen (secondary N) is 2. The molecule has 0 aromatic heterocycles. The van der Waals surface area contributed by atoms with Gasteiger partial charge in [0.2, 0.25) is 11.8 Å². The van der Waals surface area contributed by atoms with Gasteiger partial charge in [0.05, 0.1) is 13.2 Å². The van der Waals surface area contributed by atoms with Gasteiger partial charge in [-0.25, -0.2) is 0 Å². The molecule has 2 amide bonds. The van der Waals surface area contributed by atoms with Crippen molar-refractivity contribution in [3.05, 3.63) is 58.7 Å². The number of carboxylic acid groups (broad SMARTS) is 1. The van der Waals surface area contributed by atoms with Crippen molar-refractivity contribution in [1.29, 1.82) is 0 Å². The number of carbonyl (C=O) groups is 5. The molecule has 0 radical (unpaired) electrons. The lowest BCUT2D eigenvalue weighted by Gasteiger charge is -2.34. The molecule has 2 aromatic rings. The molecule has 2 atom stereocenters. The minimum atomic E-state index is -0.833. The maximum atomic E-state index is 13.4. The van der Waals surface area contributed by atoms with E-state index in [1.54, 1.807) is 36.4 Å². The van der Waals surface area contributed by atoms with Crippen LogP contribution in [0.15, 0.2) is 36.4 Å². The lowest BCUT2D eigenvalue weighted by molar-refractivity contribution is -0.134. The monoisotopic (exact) mass is 636 g/mol. The first-order valence-electron chi connectivity index (χ1n) is 16.0. The van der Waals surface area contributed by atoms with E-state index in [9.17, 15) is 29.4 Å². The summed E-state index contributed by atoms with van der Waals surface area (Å²) >= 11 is 0. The number of aliphatic carboxylic acids is 1. The number of piperidine rings is 2. The van der Waals surface area contributed by atoms with Crippen LogP contribution in [0.5, 0.6) is 0 Å². The molecule has 0 bridgehead atoms. The number of likely N-dealkylation sites (tertiary alicyclic amines) is 2. The van der Waals surface area contributed by atoms with E-state index in [-0.39, 0.29) is 83.8 Å². The molecule has 5 N–H and O–H groups in total. The number of amides is 2. The average Bonchev–Trinajstić information content (AvgIpc) is 3.05. The van der Waals surface area contributed by atoms with Crippen LogP contribution in [0.2, 0.25) is 0 Å². The van der Waals surface area contributed by atoms with E-state index in [0.717, 1.165) is 58.5 Å². The summed E-state index contributed by atoms with van der Waals surface area (Å²) < 4.78 is 0. The lowest BCUT2D eigenvalue weighted by atomic mass is 9.83. The Labute approximate surface area is 268 Å². The average molecular weight is 637 g/mol. The molecular formula is C34H44N4O8. The fourth-order valence-corrected chi connectivity index (χ4v) is 6.37. The number of hydrogen-bond donors (Lipinski definition) is 5. The highest BCUT2D eigenvalue weighted by Crippen LogP contribution is 2.31. The quantitative estimate of drug-likeness (QED) is 0.222. The zero-order chi connectivity index (χ0) is 33.2. The van der Waals surface area contributed by atoms with Gasteiger partial charge in [-0.1, -0.05) is 12.8 Å². The largest absolute Gasteiger partial charge is 0.481 e. The van der Waals surface area contributed by atoms with E-state index >= 15 is 0 Å². The molecule has 0 spiro atoms. The van der Waals surface area contributed by atoms with Crippen molar-refractivity contribution in [2.24, 2.45) is 0 Å². The summed E-state index contributed by atoms with van der Waals surface area (Å²) in [6, 6.07) is 9.63. The van der Waals surface area contributed by atoms with Crippen LogP contribution in [0.3, 0.4) is 0 Å². The van der Waals surface area contributed by atoms with Crippen molar-refractivity contribution >= 4 is 40.7 Å². The number of aliphatic hydroxyl groups excluding tert-OH is 2. The summed E-state index contributed by atoms with van der Waals surface area (Å²) in [7, 11) is 0. The SMILES string of the molecule is CC(=O)O.O=C(CCN1CCCCC1CO)Nc1ccc2c(c1)C(=O)c1ccc(NC(=O)CCN3CCCCC3CO)cc1C2=O. The van der Waals surface area contributed by atoms with E-state index in [1.807, 2.05) is 0 Å². The van der Waals surface area contributed by atoms with Gasteiger partial charge in [-0.05, 0) is 75.2 Å². The van der Waals surface area contributed by atoms with Gasteiger partial charge in [0.1, 0.15) is 0 Å². The van der Waals surface area contributed by atoms with Crippen LogP contribution < -0.4 is 10.6 Å². The topological polar surface area (TPSA) is 177 Å². The maximum absolute atomic E-state index is 13.4. The number of carboxylic acids is 1. The first kappa shape index (κ1) is 34.9. The second-order valence-electron chi connectivity index (χ2n) is 12.0. The number of rotatable bonds is 10. The molecule has 2 aromatic carbocycles. The molecule has 2 fully saturated rings. The molecule has 2 saturated heterocycles. The Morgan fingerprint density at radius 1 is 0.696 bits per heavy atom. The number of fused-ring (bicyclic) bond motifs is 2. The Morgan fingerprint density at radius 3 is 1.46 bits per heavy atom. The van der Waals surface area contributed by atoms with Crippen LogP contribution in [0.25, 0.3) is 0 Å². The minimum absolute atomic E-state index is 0.0858. The molecule has 2 unspecified atom stereocenters. The zero-order valence-electron chi connectivity index (χ0n) is 26.3. The van der Waals surface area contributed by atoms with Gasteiger partial charge in [-0.15, -0.1) is 0 Å². The molecule has 2 aliphatic heterocycles. The van der Waals surface area contributed by atoms with Crippen molar-refractivity contribution in [2.75, 3.05) is 50.0 Å². The fourth-order valence-electron chi connectivity index (χ4n) is 6.37. The Balaban J connectivity index is 0.00000113. The third-order valence-electron chi connectivity index (χ3n) is 8.76. The van der Waals surface area contributed by atoms with E-state index < -0.39 is 5.97 Å². The standard InChI is InChI=1S/C32H40N4O6.C2H4O2/c37-19-23-5-1-3-13-35(23)15-11-29(39)33-21-7-9-25-27(17-21)31(41)26-10-8-22(18-28(26)32(25)42)34-30(40)12-16-36-14-4-2-6-24(36)20-38;1-2(3)4/h7-10,17-18,23-24,37-38H,1-6,11-16,19-20H2,(H,33,39)(H,34,40);1H3,(H,3,4). The zero-order valence-corrected chi connectivity index (χ0v) is 26.3. The third kappa shape index (κ3) is 9.06. The van der Waals surface area contributed by atoms with Gasteiger partial charge in [0.25, 0.3) is 5.97 Å². The summed E-state index contributed by atoms with van der Waals surface area (Å²) in [6.07, 6.45) is 6.66. The smallest absolute Gasteiger partial charge is 0.300 e. The molecule has 248 valence electrons. The predicted molar refractivity (Wildman–Crippen MR) is 172 cm³/mol. The van der Waals surface area contributed by atoms with E-state index in [2.05, 4.69) is 20.4 Å². The molecule has 1 aliphatic carbocycles. The summed E-state index contributed by atoms with van der Waals surface area (Å²) in [5, 5.41) is 32.3. The second kappa shape index (κ2) is 16.5. The molecule has 5 rings (SSSR count). The highest BCUT2D eigenvalue weighted by Gasteiger charge is 2.31. The van der Waals surface area contributed by atoms with Crippen LogP contribution in [0, 0.1) is 0 Å². The van der Waals surface area contributed by atoms with Crippen molar-refractivity contribution in [2.45, 2.75) is 70.4 Å². The second-order valence-corrected chi connectivity index (χ2v) is 12.0. The molecular weight excluding hydrogens is 592 g/mol. The van der Waals surface area contributed by atoms with Crippen molar-refractivity contribution < 1.29 is 39.3 Å². The van der Waals surface area contributed by atoms with Crippen LogP contribution in [0.1, 0.15) is 90.1 Å². The van der Waals surface area contributed by atoms with Crippen molar-refractivity contribution in [3.63, 3.8) is 0 Å². The molecule has 12 heteroatoms. The van der Waals surface area contributed by atoms with Gasteiger partial charge in [0.15, 0.2) is 11.6 Å². The number of carbonyl (C=O) groups excluding carboxylic acids is 4.